The van der Waals surface area contributed by atoms with Crippen LogP contribution in [-0.2, 0) is 4.74 Å². The Bertz CT molecular complexity index is 146. The highest BCUT2D eigenvalue weighted by molar-refractivity contribution is 5.68. The Morgan fingerprint density at radius 2 is 1.85 bits per heavy atom. The highest BCUT2D eigenvalue weighted by Gasteiger charge is 2.19. The van der Waals surface area contributed by atoms with E-state index in [4.69, 9.17) is 0 Å². The molecule has 2 aliphatic heterocycles. The number of carbonyl (C=O) groups excluding carboxylic acids is 1. The zero-order valence-electron chi connectivity index (χ0n) is 8.21. The van der Waals surface area contributed by atoms with Crippen LogP contribution < -0.4 is 5.32 Å². The fourth-order valence-electron chi connectivity index (χ4n) is 1.25. The van der Waals surface area contributed by atoms with Crippen molar-refractivity contribution in [1.82, 2.24) is 10.2 Å². The summed E-state index contributed by atoms with van der Waals surface area (Å²) in [6.07, 6.45) is 3.70. The fraction of sp³-hybridized carbons (Fsp3) is 0.889. The van der Waals surface area contributed by atoms with Gasteiger partial charge in [0.2, 0.25) is 0 Å². The second-order valence-electron chi connectivity index (χ2n) is 3.27. The summed E-state index contributed by atoms with van der Waals surface area (Å²) in [7, 11) is 1.40. The van der Waals surface area contributed by atoms with E-state index in [-0.39, 0.29) is 6.09 Å². The van der Waals surface area contributed by atoms with Crippen LogP contribution in [0.1, 0.15) is 19.3 Å². The molecule has 2 rings (SSSR count). The predicted octanol–water partition coefficient (Wildman–Crippen LogP) is 0.828. The lowest BCUT2D eigenvalue weighted by atomic mass is 10.2. The molecule has 76 valence electrons. The van der Waals surface area contributed by atoms with Crippen LogP contribution in [0.5, 0.6) is 0 Å². The molecule has 0 aromatic rings. The molecule has 0 unspecified atom stereocenters. The first kappa shape index (κ1) is 10.3. The highest BCUT2D eigenvalue weighted by Crippen LogP contribution is 2.05. The number of methoxy groups -OCH3 is 1. The average Bonchev–Trinajstić information content (AvgIpc) is 2.57. The Labute approximate surface area is 79.2 Å². The summed E-state index contributed by atoms with van der Waals surface area (Å²) in [5.74, 6) is 0. The van der Waals surface area contributed by atoms with Crippen molar-refractivity contribution in [1.29, 1.82) is 0 Å². The van der Waals surface area contributed by atoms with Gasteiger partial charge in [-0.15, -0.1) is 0 Å². The summed E-state index contributed by atoms with van der Waals surface area (Å²) in [5.41, 5.74) is 0. The number of amides is 1. The third-order valence-corrected chi connectivity index (χ3v) is 2.25. The molecular weight excluding hydrogens is 168 g/mol. The number of rotatable bonds is 0. The Balaban J connectivity index is 0.000000145. The first-order valence-corrected chi connectivity index (χ1v) is 4.88. The van der Waals surface area contributed by atoms with Crippen LogP contribution >= 0.6 is 0 Å². The highest BCUT2D eigenvalue weighted by atomic mass is 16.5. The normalized spacial score (nSPS) is 19.9. The summed E-state index contributed by atoms with van der Waals surface area (Å²) in [4.78, 5) is 12.2. The van der Waals surface area contributed by atoms with Gasteiger partial charge in [0.15, 0.2) is 0 Å². The van der Waals surface area contributed by atoms with Gasteiger partial charge in [-0.3, -0.25) is 0 Å². The van der Waals surface area contributed by atoms with E-state index >= 15 is 0 Å². The van der Waals surface area contributed by atoms with Crippen molar-refractivity contribution >= 4 is 6.09 Å². The van der Waals surface area contributed by atoms with Crippen LogP contribution in [-0.4, -0.2) is 44.3 Å². The molecule has 2 aliphatic rings. The zero-order valence-corrected chi connectivity index (χ0v) is 8.21. The summed E-state index contributed by atoms with van der Waals surface area (Å²) < 4.78 is 4.44. The Hall–Kier alpha value is -0.770. The van der Waals surface area contributed by atoms with Crippen molar-refractivity contribution in [2.45, 2.75) is 19.3 Å². The van der Waals surface area contributed by atoms with Gasteiger partial charge >= 0.3 is 6.09 Å². The second kappa shape index (κ2) is 5.80. The third-order valence-electron chi connectivity index (χ3n) is 2.25. The van der Waals surface area contributed by atoms with E-state index < -0.39 is 0 Å². The minimum absolute atomic E-state index is 0.198. The van der Waals surface area contributed by atoms with Crippen LogP contribution in [0.25, 0.3) is 0 Å². The van der Waals surface area contributed by atoms with Gasteiger partial charge in [0.25, 0.3) is 0 Å². The topological polar surface area (TPSA) is 41.6 Å². The molecule has 1 N–H and O–H groups in total. The number of ether oxygens (including phenoxy) is 1. The monoisotopic (exact) mass is 186 g/mol. The number of nitrogens with zero attached hydrogens (tertiary/aromatic N) is 1. The van der Waals surface area contributed by atoms with Crippen molar-refractivity contribution in [3.63, 3.8) is 0 Å². The minimum atomic E-state index is -0.198. The summed E-state index contributed by atoms with van der Waals surface area (Å²) in [5, 5.41) is 3.22. The SMILES string of the molecule is C1CCNC1.COC(=O)N1CCC1. The van der Waals surface area contributed by atoms with Crippen molar-refractivity contribution in [2.75, 3.05) is 33.3 Å². The Morgan fingerprint density at radius 1 is 1.23 bits per heavy atom. The van der Waals surface area contributed by atoms with E-state index in [1.165, 1.54) is 33.0 Å². The molecule has 0 saturated carbocycles. The molecule has 0 radical (unpaired) electrons. The zero-order chi connectivity index (χ0) is 9.52. The van der Waals surface area contributed by atoms with E-state index in [2.05, 4.69) is 10.1 Å². The van der Waals surface area contributed by atoms with E-state index in [0.29, 0.717) is 0 Å². The number of nitrogens with one attached hydrogen (secondary N) is 1. The van der Waals surface area contributed by atoms with Gasteiger partial charge in [-0.05, 0) is 32.4 Å². The molecule has 4 nitrogen and oxygen atoms in total. The molecule has 13 heavy (non-hydrogen) atoms. The molecule has 2 fully saturated rings. The maximum Gasteiger partial charge on any atom is 0.409 e. The summed E-state index contributed by atoms with van der Waals surface area (Å²) in [6.45, 7) is 4.24. The van der Waals surface area contributed by atoms with Crippen molar-refractivity contribution in [2.24, 2.45) is 0 Å². The van der Waals surface area contributed by atoms with Gasteiger partial charge in [0.1, 0.15) is 0 Å². The molecule has 0 aliphatic carbocycles. The van der Waals surface area contributed by atoms with Crippen LogP contribution in [0.2, 0.25) is 0 Å². The quantitative estimate of drug-likeness (QED) is 0.609. The molecule has 0 aromatic heterocycles. The molecule has 2 saturated heterocycles. The summed E-state index contributed by atoms with van der Waals surface area (Å²) >= 11 is 0. The number of likely N-dealkylation sites (tertiary alicyclic amines) is 1. The van der Waals surface area contributed by atoms with Crippen LogP contribution in [0.4, 0.5) is 4.79 Å². The van der Waals surface area contributed by atoms with Gasteiger partial charge < -0.3 is 15.0 Å². The molecule has 4 heteroatoms. The molecule has 0 bridgehead atoms. The van der Waals surface area contributed by atoms with Crippen LogP contribution in [0, 0.1) is 0 Å². The Kier molecular flexibility index (Phi) is 4.60. The van der Waals surface area contributed by atoms with Gasteiger partial charge in [-0.2, -0.15) is 0 Å². The predicted molar refractivity (Wildman–Crippen MR) is 50.7 cm³/mol. The average molecular weight is 186 g/mol. The van der Waals surface area contributed by atoms with Gasteiger partial charge in [0.05, 0.1) is 7.11 Å². The number of hydrogen-bond acceptors (Lipinski definition) is 3. The minimum Gasteiger partial charge on any atom is -0.453 e. The van der Waals surface area contributed by atoms with Crippen LogP contribution in [0.3, 0.4) is 0 Å². The lowest BCUT2D eigenvalue weighted by Gasteiger charge is -2.28. The molecule has 0 aromatic carbocycles. The van der Waals surface area contributed by atoms with Gasteiger partial charge in [-0.25, -0.2) is 4.79 Å². The second-order valence-corrected chi connectivity index (χ2v) is 3.27. The van der Waals surface area contributed by atoms with Gasteiger partial charge in [-0.1, -0.05) is 0 Å². The first-order valence-electron chi connectivity index (χ1n) is 4.88. The molecule has 2 heterocycles. The molecule has 0 spiro atoms. The van der Waals surface area contributed by atoms with Gasteiger partial charge in [0, 0.05) is 13.1 Å². The largest absolute Gasteiger partial charge is 0.453 e. The maximum absolute atomic E-state index is 10.5. The number of hydrogen-bond donors (Lipinski definition) is 1. The van der Waals surface area contributed by atoms with Crippen molar-refractivity contribution in [3.05, 3.63) is 0 Å². The van der Waals surface area contributed by atoms with E-state index in [0.717, 1.165) is 19.5 Å². The lowest BCUT2D eigenvalue weighted by molar-refractivity contribution is 0.0991. The van der Waals surface area contributed by atoms with Crippen molar-refractivity contribution in [3.8, 4) is 0 Å². The van der Waals surface area contributed by atoms with E-state index in [1.807, 2.05) is 0 Å². The van der Waals surface area contributed by atoms with E-state index in [1.54, 1.807) is 4.90 Å². The molecule has 1 amide bonds. The maximum atomic E-state index is 10.5. The summed E-state index contributed by atoms with van der Waals surface area (Å²) in [6, 6.07) is 0. The number of carbonyl (C=O) groups is 1. The third kappa shape index (κ3) is 3.63. The first-order chi connectivity index (χ1) is 6.34. The van der Waals surface area contributed by atoms with E-state index in [9.17, 15) is 4.79 Å². The Morgan fingerprint density at radius 3 is 2.00 bits per heavy atom. The standard InChI is InChI=1S/C5H9NO2.C4H9N/c1-8-5(7)6-3-2-4-6;1-2-4-5-3-1/h2-4H2,1H3;5H,1-4H2. The van der Waals surface area contributed by atoms with Crippen molar-refractivity contribution < 1.29 is 9.53 Å². The smallest absolute Gasteiger partial charge is 0.409 e. The fourth-order valence-corrected chi connectivity index (χ4v) is 1.25. The van der Waals surface area contributed by atoms with Crippen LogP contribution in [0.15, 0.2) is 0 Å². The lowest BCUT2D eigenvalue weighted by Crippen LogP contribution is -2.41. The molecular formula is C9H18N2O2. The molecule has 0 atom stereocenters.